The molecular formula is C25H21ClN4O. The predicted molar refractivity (Wildman–Crippen MR) is 126 cm³/mol. The molecule has 2 atom stereocenters. The van der Waals surface area contributed by atoms with E-state index in [1.54, 1.807) is 11.1 Å². The Kier molecular flexibility index (Phi) is 4.83. The van der Waals surface area contributed by atoms with Crippen LogP contribution < -0.4 is 9.80 Å². The fourth-order valence-electron chi connectivity index (χ4n) is 3.94. The lowest BCUT2D eigenvalue weighted by molar-refractivity contribution is -0.123. The van der Waals surface area contributed by atoms with Gasteiger partial charge in [-0.05, 0) is 54.1 Å². The number of halogens is 1. The highest BCUT2D eigenvalue weighted by atomic mass is 35.5. The van der Waals surface area contributed by atoms with Gasteiger partial charge in [0.15, 0.2) is 5.65 Å². The van der Waals surface area contributed by atoms with Crippen molar-refractivity contribution in [1.29, 1.82) is 0 Å². The Morgan fingerprint density at radius 1 is 0.935 bits per heavy atom. The summed E-state index contributed by atoms with van der Waals surface area (Å²) in [5.41, 5.74) is 5.49. The quantitative estimate of drug-likeness (QED) is 0.337. The first kappa shape index (κ1) is 19.5. The number of anilines is 2. The molecule has 5 nitrogen and oxygen atoms in total. The van der Waals surface area contributed by atoms with Crippen LogP contribution in [-0.4, -0.2) is 35.3 Å². The zero-order valence-electron chi connectivity index (χ0n) is 17.2. The topological polar surface area (TPSA) is 49.3 Å². The van der Waals surface area contributed by atoms with E-state index >= 15 is 0 Å². The van der Waals surface area contributed by atoms with E-state index in [0.717, 1.165) is 33.6 Å². The number of hydrogen-bond acceptors (Lipinski definition) is 4. The number of β-lactam (4-membered cyclic amide) rings is 1. The molecular weight excluding hydrogens is 408 g/mol. The molecule has 0 N–H and O–H groups in total. The Balaban J connectivity index is 1.43. The average molecular weight is 429 g/mol. The smallest absolute Gasteiger partial charge is 0.248 e. The average Bonchev–Trinajstić information content (AvgIpc) is 2.81. The van der Waals surface area contributed by atoms with Gasteiger partial charge in [0.2, 0.25) is 5.91 Å². The van der Waals surface area contributed by atoms with Crippen LogP contribution in [0.4, 0.5) is 11.4 Å². The first-order valence-corrected chi connectivity index (χ1v) is 10.5. The van der Waals surface area contributed by atoms with Crippen molar-refractivity contribution in [2.45, 2.75) is 11.4 Å². The van der Waals surface area contributed by atoms with Gasteiger partial charge in [0.05, 0.1) is 11.7 Å². The van der Waals surface area contributed by atoms with Crippen LogP contribution in [0.1, 0.15) is 11.6 Å². The minimum absolute atomic E-state index is 0.0795. The number of alkyl halides is 1. The summed E-state index contributed by atoms with van der Waals surface area (Å²) in [6.07, 6.45) is 1.74. The van der Waals surface area contributed by atoms with Crippen molar-refractivity contribution >= 4 is 39.9 Å². The molecule has 0 radical (unpaired) electrons. The Morgan fingerprint density at radius 2 is 1.68 bits per heavy atom. The molecule has 1 amide bonds. The van der Waals surface area contributed by atoms with Crippen molar-refractivity contribution < 1.29 is 4.79 Å². The number of carbonyl (C=O) groups is 1. The fraction of sp³-hybridized carbons (Fsp3) is 0.160. The molecule has 2 aromatic heterocycles. The van der Waals surface area contributed by atoms with Gasteiger partial charge in [-0.25, -0.2) is 9.97 Å². The van der Waals surface area contributed by atoms with Crippen molar-refractivity contribution in [3.63, 3.8) is 0 Å². The van der Waals surface area contributed by atoms with Crippen LogP contribution in [0.15, 0.2) is 79.0 Å². The molecule has 31 heavy (non-hydrogen) atoms. The van der Waals surface area contributed by atoms with Gasteiger partial charge in [0, 0.05) is 42.6 Å². The number of rotatable bonds is 4. The Hall–Kier alpha value is -3.44. The van der Waals surface area contributed by atoms with E-state index < -0.39 is 5.38 Å². The number of hydrogen-bond donors (Lipinski definition) is 0. The molecule has 3 heterocycles. The molecule has 0 aliphatic carbocycles. The van der Waals surface area contributed by atoms with Crippen LogP contribution in [-0.2, 0) is 4.79 Å². The van der Waals surface area contributed by atoms with Gasteiger partial charge >= 0.3 is 0 Å². The maximum Gasteiger partial charge on any atom is 0.248 e. The number of amides is 1. The van der Waals surface area contributed by atoms with E-state index in [4.69, 9.17) is 11.6 Å². The summed E-state index contributed by atoms with van der Waals surface area (Å²) in [5, 5.41) is 0.448. The molecule has 1 saturated heterocycles. The number of fused-ring (bicyclic) bond motifs is 1. The Labute approximate surface area is 185 Å². The van der Waals surface area contributed by atoms with Gasteiger partial charge in [-0.1, -0.05) is 24.3 Å². The number of aromatic nitrogens is 2. The molecule has 2 unspecified atom stereocenters. The van der Waals surface area contributed by atoms with Gasteiger partial charge in [0.1, 0.15) is 5.38 Å². The SMILES string of the molecule is CN(C)c1ccc(C2C(Cl)C(=O)N2c2ccc(-c3ccc4cccnc4n3)cc2)cc1. The molecule has 1 fully saturated rings. The van der Waals surface area contributed by atoms with Crippen LogP contribution in [0.25, 0.3) is 22.3 Å². The minimum atomic E-state index is -0.557. The second-order valence-electron chi connectivity index (χ2n) is 7.83. The number of pyridine rings is 2. The molecule has 1 aliphatic rings. The number of carbonyl (C=O) groups excluding carboxylic acids is 1. The zero-order valence-corrected chi connectivity index (χ0v) is 18.0. The summed E-state index contributed by atoms with van der Waals surface area (Å²) in [4.78, 5) is 25.4. The van der Waals surface area contributed by atoms with E-state index in [2.05, 4.69) is 9.97 Å². The standard InChI is InChI=1S/C25H21ClN4O/c1-29(2)19-10-7-17(8-11-19)23-22(26)25(31)30(23)20-12-5-16(6-13-20)21-14-9-18-4-3-15-27-24(18)28-21/h3-15,22-23H,1-2H3. The van der Waals surface area contributed by atoms with Crippen molar-refractivity contribution in [3.8, 4) is 11.3 Å². The molecule has 5 rings (SSSR count). The summed E-state index contributed by atoms with van der Waals surface area (Å²) >= 11 is 6.41. The monoisotopic (exact) mass is 428 g/mol. The summed E-state index contributed by atoms with van der Waals surface area (Å²) in [5.74, 6) is -0.0795. The predicted octanol–water partition coefficient (Wildman–Crippen LogP) is 5.06. The number of nitrogens with zero attached hydrogens (tertiary/aromatic N) is 4. The van der Waals surface area contributed by atoms with E-state index in [9.17, 15) is 4.79 Å². The first-order chi connectivity index (χ1) is 15.0. The van der Waals surface area contributed by atoms with Crippen LogP contribution in [0.2, 0.25) is 0 Å². The number of benzene rings is 2. The van der Waals surface area contributed by atoms with E-state index in [-0.39, 0.29) is 11.9 Å². The van der Waals surface area contributed by atoms with E-state index in [0.29, 0.717) is 5.65 Å². The minimum Gasteiger partial charge on any atom is -0.378 e. The van der Waals surface area contributed by atoms with Crippen molar-refractivity contribution in [3.05, 3.63) is 84.6 Å². The molecule has 2 aromatic carbocycles. The largest absolute Gasteiger partial charge is 0.378 e. The maximum atomic E-state index is 12.6. The third-order valence-electron chi connectivity index (χ3n) is 5.68. The Morgan fingerprint density at radius 3 is 2.39 bits per heavy atom. The van der Waals surface area contributed by atoms with Gasteiger partial charge in [-0.3, -0.25) is 4.79 Å². The molecule has 6 heteroatoms. The second-order valence-corrected chi connectivity index (χ2v) is 8.30. The van der Waals surface area contributed by atoms with Gasteiger partial charge in [-0.15, -0.1) is 11.6 Å². The summed E-state index contributed by atoms with van der Waals surface area (Å²) in [7, 11) is 4.00. The lowest BCUT2D eigenvalue weighted by Gasteiger charge is -2.44. The van der Waals surface area contributed by atoms with Crippen molar-refractivity contribution in [2.75, 3.05) is 23.9 Å². The zero-order chi connectivity index (χ0) is 21.5. The van der Waals surface area contributed by atoms with E-state index in [1.807, 2.05) is 91.8 Å². The highest BCUT2D eigenvalue weighted by Gasteiger charge is 2.47. The van der Waals surface area contributed by atoms with Crippen molar-refractivity contribution in [1.82, 2.24) is 9.97 Å². The van der Waals surface area contributed by atoms with Crippen LogP contribution in [0.3, 0.4) is 0 Å². The maximum absolute atomic E-state index is 12.6. The van der Waals surface area contributed by atoms with Crippen LogP contribution >= 0.6 is 11.6 Å². The molecule has 154 valence electrons. The highest BCUT2D eigenvalue weighted by molar-refractivity contribution is 6.37. The van der Waals surface area contributed by atoms with Gasteiger partial charge in [-0.2, -0.15) is 0 Å². The summed E-state index contributed by atoms with van der Waals surface area (Å²) in [6.45, 7) is 0. The van der Waals surface area contributed by atoms with Crippen LogP contribution in [0.5, 0.6) is 0 Å². The molecule has 0 saturated carbocycles. The van der Waals surface area contributed by atoms with Crippen LogP contribution in [0, 0.1) is 0 Å². The third-order valence-corrected chi connectivity index (χ3v) is 6.11. The normalized spacial score (nSPS) is 18.2. The lowest BCUT2D eigenvalue weighted by atomic mass is 9.92. The Bertz CT molecular complexity index is 1250. The van der Waals surface area contributed by atoms with Crippen molar-refractivity contribution in [2.24, 2.45) is 0 Å². The molecule has 1 aliphatic heterocycles. The fourth-order valence-corrected chi connectivity index (χ4v) is 4.30. The highest BCUT2D eigenvalue weighted by Crippen LogP contribution is 2.42. The molecule has 4 aromatic rings. The molecule has 0 bridgehead atoms. The second kappa shape index (κ2) is 7.67. The van der Waals surface area contributed by atoms with Gasteiger partial charge in [0.25, 0.3) is 0 Å². The van der Waals surface area contributed by atoms with E-state index in [1.165, 1.54) is 0 Å². The third kappa shape index (κ3) is 3.41. The summed E-state index contributed by atoms with van der Waals surface area (Å²) < 4.78 is 0. The lowest BCUT2D eigenvalue weighted by Crippen LogP contribution is -2.56. The van der Waals surface area contributed by atoms with Gasteiger partial charge < -0.3 is 9.80 Å². The molecule has 0 spiro atoms. The summed E-state index contributed by atoms with van der Waals surface area (Å²) in [6, 6.07) is 23.7. The first-order valence-electron chi connectivity index (χ1n) is 10.1.